The van der Waals surface area contributed by atoms with Crippen molar-refractivity contribution >= 4 is 5.97 Å². The second kappa shape index (κ2) is 7.21. The molecular formula is C16H21NO4. The monoisotopic (exact) mass is 291 g/mol. The highest BCUT2D eigenvalue weighted by atomic mass is 17.2. The quantitative estimate of drug-likeness (QED) is 0.457. The Morgan fingerprint density at radius 1 is 1.19 bits per heavy atom. The predicted molar refractivity (Wildman–Crippen MR) is 76.9 cm³/mol. The number of nitrogens with zero attached hydrogens (tertiary/aromatic N) is 1. The molecule has 0 saturated heterocycles. The summed E-state index contributed by atoms with van der Waals surface area (Å²) in [6, 6.07) is 10.8. The average Bonchev–Trinajstić information content (AvgIpc) is 2.44. The number of nitriles is 1. The summed E-state index contributed by atoms with van der Waals surface area (Å²) in [5.41, 5.74) is -1.59. The summed E-state index contributed by atoms with van der Waals surface area (Å²) in [7, 11) is 0. The summed E-state index contributed by atoms with van der Waals surface area (Å²) < 4.78 is 4.93. The predicted octanol–water partition coefficient (Wildman–Crippen LogP) is 3.11. The number of carbonyl (C=O) groups is 1. The Balaban J connectivity index is 3.07. The van der Waals surface area contributed by atoms with Crippen molar-refractivity contribution in [2.24, 2.45) is 0 Å². The minimum atomic E-state index is -1.53. The molecule has 1 atom stereocenters. The van der Waals surface area contributed by atoms with Crippen LogP contribution in [-0.4, -0.2) is 18.2 Å². The van der Waals surface area contributed by atoms with E-state index < -0.39 is 17.2 Å². The van der Waals surface area contributed by atoms with Crippen LogP contribution < -0.4 is 0 Å². The van der Waals surface area contributed by atoms with Crippen LogP contribution in [0.5, 0.6) is 0 Å². The van der Waals surface area contributed by atoms with Gasteiger partial charge in [0.2, 0.25) is 5.60 Å². The first-order valence-electron chi connectivity index (χ1n) is 6.82. The molecule has 0 aliphatic carbocycles. The first kappa shape index (κ1) is 17.2. The van der Waals surface area contributed by atoms with Crippen molar-refractivity contribution in [2.45, 2.75) is 45.3 Å². The van der Waals surface area contributed by atoms with Crippen LogP contribution >= 0.6 is 0 Å². The summed E-state index contributed by atoms with van der Waals surface area (Å²) in [5, 5.41) is 9.58. The molecule has 21 heavy (non-hydrogen) atoms. The van der Waals surface area contributed by atoms with Gasteiger partial charge in [-0.2, -0.15) is 5.26 Å². The fourth-order valence-corrected chi connectivity index (χ4v) is 1.62. The molecule has 0 heterocycles. The van der Waals surface area contributed by atoms with Crippen molar-refractivity contribution in [2.75, 3.05) is 6.61 Å². The number of esters is 1. The van der Waals surface area contributed by atoms with Crippen molar-refractivity contribution in [3.05, 3.63) is 35.9 Å². The Morgan fingerprint density at radius 3 is 2.29 bits per heavy atom. The van der Waals surface area contributed by atoms with E-state index in [2.05, 4.69) is 0 Å². The van der Waals surface area contributed by atoms with Crippen LogP contribution in [0.3, 0.4) is 0 Å². The van der Waals surface area contributed by atoms with E-state index >= 15 is 0 Å². The molecule has 0 saturated carbocycles. The molecule has 0 aliphatic rings. The molecular weight excluding hydrogens is 270 g/mol. The molecule has 1 aromatic carbocycles. The summed E-state index contributed by atoms with van der Waals surface area (Å²) >= 11 is 0. The van der Waals surface area contributed by atoms with Gasteiger partial charge in [-0.25, -0.2) is 9.78 Å². The first-order valence-corrected chi connectivity index (χ1v) is 6.82. The lowest BCUT2D eigenvalue weighted by Gasteiger charge is -2.29. The molecule has 114 valence electrons. The van der Waals surface area contributed by atoms with Gasteiger partial charge in [-0.1, -0.05) is 30.3 Å². The number of rotatable bonds is 6. The lowest BCUT2D eigenvalue weighted by Crippen LogP contribution is -2.35. The Bertz CT molecular complexity index is 501. The highest BCUT2D eigenvalue weighted by Gasteiger charge is 2.40. The molecule has 5 nitrogen and oxygen atoms in total. The zero-order valence-electron chi connectivity index (χ0n) is 12.9. The topological polar surface area (TPSA) is 68.6 Å². The molecule has 0 amide bonds. The van der Waals surface area contributed by atoms with Crippen molar-refractivity contribution in [3.8, 4) is 6.07 Å². The number of carbonyl (C=O) groups excluding carboxylic acids is 1. The van der Waals surface area contributed by atoms with Crippen LogP contribution in [0.15, 0.2) is 30.3 Å². The zero-order valence-corrected chi connectivity index (χ0v) is 12.9. The van der Waals surface area contributed by atoms with Crippen LogP contribution in [0.1, 0.15) is 39.7 Å². The van der Waals surface area contributed by atoms with E-state index in [0.29, 0.717) is 5.56 Å². The second-order valence-electron chi connectivity index (χ2n) is 5.57. The van der Waals surface area contributed by atoms with Crippen molar-refractivity contribution in [1.82, 2.24) is 0 Å². The SMILES string of the molecule is CCOC(=O)CC(C#N)(OOC(C)(C)C)c1ccccc1. The fourth-order valence-electron chi connectivity index (χ4n) is 1.62. The maximum absolute atomic E-state index is 11.8. The van der Waals surface area contributed by atoms with Gasteiger partial charge in [0, 0.05) is 5.56 Å². The molecule has 0 radical (unpaired) electrons. The van der Waals surface area contributed by atoms with E-state index in [1.54, 1.807) is 52.0 Å². The lowest BCUT2D eigenvalue weighted by molar-refractivity contribution is -0.396. The summed E-state index contributed by atoms with van der Waals surface area (Å²) in [6.07, 6.45) is -0.239. The van der Waals surface area contributed by atoms with Gasteiger partial charge in [0.25, 0.3) is 0 Å². The summed E-state index contributed by atoms with van der Waals surface area (Å²) in [6.45, 7) is 7.34. The van der Waals surface area contributed by atoms with Gasteiger partial charge in [0.05, 0.1) is 18.6 Å². The number of hydrogen-bond acceptors (Lipinski definition) is 5. The van der Waals surface area contributed by atoms with E-state index in [-0.39, 0.29) is 13.0 Å². The zero-order chi connectivity index (χ0) is 15.9. The molecule has 0 fully saturated rings. The summed E-state index contributed by atoms with van der Waals surface area (Å²) in [5.74, 6) is -0.514. The molecule has 0 aromatic heterocycles. The fraction of sp³-hybridized carbons (Fsp3) is 0.500. The third-order valence-electron chi connectivity index (χ3n) is 2.55. The van der Waals surface area contributed by atoms with Gasteiger partial charge in [-0.15, -0.1) is 0 Å². The van der Waals surface area contributed by atoms with E-state index in [4.69, 9.17) is 14.5 Å². The highest BCUT2D eigenvalue weighted by molar-refractivity contribution is 5.72. The maximum Gasteiger partial charge on any atom is 0.310 e. The van der Waals surface area contributed by atoms with E-state index in [1.165, 1.54) is 0 Å². The minimum Gasteiger partial charge on any atom is -0.466 e. The molecule has 1 rings (SSSR count). The molecule has 0 bridgehead atoms. The number of benzene rings is 1. The van der Waals surface area contributed by atoms with Crippen molar-refractivity contribution in [1.29, 1.82) is 5.26 Å². The normalized spacial score (nSPS) is 14.0. The minimum absolute atomic E-state index is 0.239. The van der Waals surface area contributed by atoms with Gasteiger partial charge in [0.15, 0.2) is 0 Å². The van der Waals surface area contributed by atoms with Gasteiger partial charge < -0.3 is 4.74 Å². The van der Waals surface area contributed by atoms with Crippen LogP contribution in [0.25, 0.3) is 0 Å². The number of hydrogen-bond donors (Lipinski definition) is 0. The smallest absolute Gasteiger partial charge is 0.310 e. The third kappa shape index (κ3) is 5.18. The average molecular weight is 291 g/mol. The Morgan fingerprint density at radius 2 is 1.81 bits per heavy atom. The van der Waals surface area contributed by atoms with Gasteiger partial charge in [-0.3, -0.25) is 4.79 Å². The first-order chi connectivity index (χ1) is 9.83. The van der Waals surface area contributed by atoms with Crippen LogP contribution in [0, 0.1) is 11.3 Å². The molecule has 5 heteroatoms. The largest absolute Gasteiger partial charge is 0.466 e. The molecule has 1 aromatic rings. The third-order valence-corrected chi connectivity index (χ3v) is 2.55. The Labute approximate surface area is 125 Å². The Hall–Kier alpha value is -1.90. The van der Waals surface area contributed by atoms with E-state index in [0.717, 1.165) is 0 Å². The van der Waals surface area contributed by atoms with E-state index in [1.807, 2.05) is 12.1 Å². The van der Waals surface area contributed by atoms with Crippen LogP contribution in [0.4, 0.5) is 0 Å². The molecule has 1 unspecified atom stereocenters. The van der Waals surface area contributed by atoms with Crippen molar-refractivity contribution < 1.29 is 19.3 Å². The Kier molecular flexibility index (Phi) is 5.89. The standard InChI is InChI=1S/C16H21NO4/c1-5-19-14(18)11-16(12-17,21-20-15(2,3)4)13-9-7-6-8-10-13/h6-10H,5,11H2,1-4H3. The lowest BCUT2D eigenvalue weighted by atomic mass is 9.92. The van der Waals surface area contributed by atoms with E-state index in [9.17, 15) is 10.1 Å². The van der Waals surface area contributed by atoms with Gasteiger partial charge in [0.1, 0.15) is 6.07 Å². The van der Waals surface area contributed by atoms with Gasteiger partial charge in [-0.05, 0) is 27.7 Å². The van der Waals surface area contributed by atoms with Crippen molar-refractivity contribution in [3.63, 3.8) is 0 Å². The second-order valence-corrected chi connectivity index (χ2v) is 5.57. The van der Waals surface area contributed by atoms with Crippen LogP contribution in [-0.2, 0) is 24.9 Å². The number of ether oxygens (including phenoxy) is 1. The van der Waals surface area contributed by atoms with Gasteiger partial charge >= 0.3 is 5.97 Å². The molecule has 0 spiro atoms. The molecule has 0 N–H and O–H groups in total. The maximum atomic E-state index is 11.8. The van der Waals surface area contributed by atoms with Crippen LogP contribution in [0.2, 0.25) is 0 Å². The summed E-state index contributed by atoms with van der Waals surface area (Å²) in [4.78, 5) is 22.5. The molecule has 0 aliphatic heterocycles. The highest BCUT2D eigenvalue weighted by Crippen LogP contribution is 2.31.